The standard InChI is InChI=1S/C31H36F2N6O3S/c1-5-18-15-19(16-26-29(18)37-27(17-34-26)35-20-9-11-21(12-10-20)39(2)3)22-13-14-25(36-31(22)42-4)30(38-43(40)41)23-7-6-8-24(32)28(23)33/h6-8,13-17,20-21,30,38H,5,9-12H2,1-4H3,(H,35,37)(H,40,41). The van der Waals surface area contributed by atoms with Gasteiger partial charge in [-0.2, -0.15) is 0 Å². The Morgan fingerprint density at radius 3 is 2.56 bits per heavy atom. The molecule has 1 saturated carbocycles. The molecule has 0 aliphatic heterocycles. The zero-order valence-electron chi connectivity index (χ0n) is 24.6. The van der Waals surface area contributed by atoms with Gasteiger partial charge in [0.1, 0.15) is 5.82 Å². The van der Waals surface area contributed by atoms with Crippen LogP contribution in [0.2, 0.25) is 0 Å². The summed E-state index contributed by atoms with van der Waals surface area (Å²) in [4.78, 5) is 16.5. The van der Waals surface area contributed by atoms with Gasteiger partial charge in [0.2, 0.25) is 17.1 Å². The number of nitrogens with zero attached hydrogens (tertiary/aromatic N) is 4. The Hall–Kier alpha value is -3.58. The highest BCUT2D eigenvalue weighted by Crippen LogP contribution is 2.35. The third kappa shape index (κ3) is 6.82. The average Bonchev–Trinajstić information content (AvgIpc) is 3.00. The van der Waals surface area contributed by atoms with Gasteiger partial charge in [0.15, 0.2) is 11.6 Å². The van der Waals surface area contributed by atoms with E-state index in [1.54, 1.807) is 18.3 Å². The van der Waals surface area contributed by atoms with Gasteiger partial charge in [-0.25, -0.2) is 27.7 Å². The van der Waals surface area contributed by atoms with Crippen LogP contribution in [0.3, 0.4) is 0 Å². The lowest BCUT2D eigenvalue weighted by Gasteiger charge is -2.33. The molecule has 1 aliphatic rings. The number of halogens is 2. The first kappa shape index (κ1) is 30.9. The van der Waals surface area contributed by atoms with Crippen molar-refractivity contribution in [3.8, 4) is 17.0 Å². The number of hydrogen-bond acceptors (Lipinski definition) is 7. The molecule has 4 aromatic rings. The maximum atomic E-state index is 14.7. The molecule has 2 aromatic carbocycles. The maximum absolute atomic E-state index is 14.7. The molecule has 0 bridgehead atoms. The highest BCUT2D eigenvalue weighted by molar-refractivity contribution is 7.77. The van der Waals surface area contributed by atoms with Crippen molar-refractivity contribution in [3.05, 3.63) is 77.1 Å². The monoisotopic (exact) mass is 610 g/mol. The molecule has 12 heteroatoms. The molecule has 1 fully saturated rings. The van der Waals surface area contributed by atoms with Crippen LogP contribution < -0.4 is 14.8 Å². The molecule has 1 aliphatic carbocycles. The van der Waals surface area contributed by atoms with Crippen LogP contribution >= 0.6 is 0 Å². The molecule has 43 heavy (non-hydrogen) atoms. The SMILES string of the molecule is CCc1cc(-c2ccc(C(NS(=O)O)c3cccc(F)c3F)nc2OC)cc2ncc(NC3CCC(N(C)C)CC3)nc12. The summed E-state index contributed by atoms with van der Waals surface area (Å²) >= 11 is -2.53. The summed E-state index contributed by atoms with van der Waals surface area (Å²) < 4.78 is 57.8. The number of methoxy groups -OCH3 is 1. The summed E-state index contributed by atoms with van der Waals surface area (Å²) in [5, 5.41) is 3.58. The van der Waals surface area contributed by atoms with Crippen molar-refractivity contribution in [3.63, 3.8) is 0 Å². The molecule has 0 amide bonds. The first-order chi connectivity index (χ1) is 20.7. The Morgan fingerprint density at radius 1 is 1.12 bits per heavy atom. The maximum Gasteiger partial charge on any atom is 0.232 e. The molecule has 228 valence electrons. The third-order valence-electron chi connectivity index (χ3n) is 8.08. The van der Waals surface area contributed by atoms with Gasteiger partial charge in [-0.15, -0.1) is 0 Å². The van der Waals surface area contributed by atoms with Crippen LogP contribution in [0, 0.1) is 11.6 Å². The Bertz CT molecular complexity index is 1630. The molecule has 2 atom stereocenters. The number of fused-ring (bicyclic) bond motifs is 1. The smallest absolute Gasteiger partial charge is 0.232 e. The number of hydrogen-bond donors (Lipinski definition) is 3. The number of nitrogens with one attached hydrogen (secondary N) is 2. The van der Waals surface area contributed by atoms with Gasteiger partial charge in [0.05, 0.1) is 36.1 Å². The highest BCUT2D eigenvalue weighted by Gasteiger charge is 2.25. The second kappa shape index (κ2) is 13.4. The largest absolute Gasteiger partial charge is 0.481 e. The predicted octanol–water partition coefficient (Wildman–Crippen LogP) is 5.64. The quantitative estimate of drug-likeness (QED) is 0.198. The van der Waals surface area contributed by atoms with Gasteiger partial charge < -0.3 is 15.0 Å². The summed E-state index contributed by atoms with van der Waals surface area (Å²) in [5.74, 6) is -1.23. The Balaban J connectivity index is 1.46. The summed E-state index contributed by atoms with van der Waals surface area (Å²) in [5.41, 5.74) is 4.01. The molecule has 2 unspecified atom stereocenters. The zero-order valence-corrected chi connectivity index (χ0v) is 25.4. The zero-order chi connectivity index (χ0) is 30.7. The molecule has 5 rings (SSSR count). The van der Waals surface area contributed by atoms with E-state index in [0.717, 1.165) is 66.1 Å². The van der Waals surface area contributed by atoms with Gasteiger partial charge >= 0.3 is 0 Å². The molecule has 0 radical (unpaired) electrons. The van der Waals surface area contributed by atoms with Gasteiger partial charge in [-0.3, -0.25) is 9.54 Å². The predicted molar refractivity (Wildman–Crippen MR) is 164 cm³/mol. The van der Waals surface area contributed by atoms with Gasteiger partial charge in [0, 0.05) is 23.2 Å². The minimum absolute atomic E-state index is 0.158. The van der Waals surface area contributed by atoms with E-state index in [4.69, 9.17) is 14.7 Å². The molecule has 0 spiro atoms. The van der Waals surface area contributed by atoms with Crippen molar-refractivity contribution in [2.75, 3.05) is 26.5 Å². The van der Waals surface area contributed by atoms with E-state index < -0.39 is 28.9 Å². The second-order valence-electron chi connectivity index (χ2n) is 11.0. The first-order valence-electron chi connectivity index (χ1n) is 14.3. The van der Waals surface area contributed by atoms with Crippen LogP contribution in [0.5, 0.6) is 5.88 Å². The summed E-state index contributed by atoms with van der Waals surface area (Å²) in [6.45, 7) is 2.06. The van der Waals surface area contributed by atoms with Crippen LogP contribution in [-0.4, -0.2) is 61.9 Å². The van der Waals surface area contributed by atoms with Crippen molar-refractivity contribution >= 4 is 28.1 Å². The Kier molecular flexibility index (Phi) is 9.60. The van der Waals surface area contributed by atoms with E-state index in [0.29, 0.717) is 17.6 Å². The summed E-state index contributed by atoms with van der Waals surface area (Å²) in [6, 6.07) is 10.7. The van der Waals surface area contributed by atoms with Crippen LogP contribution in [0.25, 0.3) is 22.2 Å². The molecular weight excluding hydrogens is 574 g/mol. The number of anilines is 1. The fourth-order valence-corrected chi connectivity index (χ4v) is 6.19. The van der Waals surface area contributed by atoms with E-state index in [1.807, 2.05) is 12.1 Å². The molecule has 2 heterocycles. The van der Waals surface area contributed by atoms with Crippen molar-refractivity contribution in [2.24, 2.45) is 0 Å². The van der Waals surface area contributed by atoms with E-state index in [2.05, 4.69) is 40.9 Å². The van der Waals surface area contributed by atoms with Crippen LogP contribution in [-0.2, 0) is 17.7 Å². The number of pyridine rings is 1. The Morgan fingerprint density at radius 2 is 1.88 bits per heavy atom. The van der Waals surface area contributed by atoms with Gasteiger partial charge in [0.25, 0.3) is 0 Å². The minimum Gasteiger partial charge on any atom is -0.481 e. The van der Waals surface area contributed by atoms with Crippen molar-refractivity contribution in [1.82, 2.24) is 24.6 Å². The lowest BCUT2D eigenvalue weighted by atomic mass is 9.90. The van der Waals surface area contributed by atoms with Gasteiger partial charge in [-0.1, -0.05) is 19.1 Å². The average molecular weight is 611 g/mol. The molecule has 2 aromatic heterocycles. The fraction of sp³-hybridized carbons (Fsp3) is 0.387. The number of aryl methyl sites for hydroxylation is 1. The van der Waals surface area contributed by atoms with E-state index in [1.165, 1.54) is 19.2 Å². The molecular formula is C31H36F2N6O3S. The number of benzene rings is 2. The van der Waals surface area contributed by atoms with Crippen LogP contribution in [0.1, 0.15) is 55.5 Å². The van der Waals surface area contributed by atoms with E-state index in [-0.39, 0.29) is 17.1 Å². The molecule has 0 saturated heterocycles. The third-order valence-corrected chi connectivity index (χ3v) is 8.52. The number of rotatable bonds is 10. The highest BCUT2D eigenvalue weighted by atomic mass is 32.2. The van der Waals surface area contributed by atoms with Crippen molar-refractivity contribution in [1.29, 1.82) is 0 Å². The first-order valence-corrected chi connectivity index (χ1v) is 15.4. The fourth-order valence-electron chi connectivity index (χ4n) is 5.74. The lowest BCUT2D eigenvalue weighted by molar-refractivity contribution is 0.221. The van der Waals surface area contributed by atoms with Gasteiger partial charge in [-0.05, 0) is 87.7 Å². The Labute approximate surface area is 252 Å². The summed E-state index contributed by atoms with van der Waals surface area (Å²) in [6.07, 6.45) is 6.95. The lowest BCUT2D eigenvalue weighted by Crippen LogP contribution is -2.36. The van der Waals surface area contributed by atoms with E-state index >= 15 is 0 Å². The number of aromatic nitrogens is 3. The minimum atomic E-state index is -2.53. The van der Waals surface area contributed by atoms with Crippen LogP contribution in [0.4, 0.5) is 14.6 Å². The topological polar surface area (TPSA) is 112 Å². The normalized spacial score (nSPS) is 18.5. The molecule has 3 N–H and O–H groups in total. The second-order valence-corrected chi connectivity index (χ2v) is 11.7. The number of ether oxygens (including phenoxy) is 1. The summed E-state index contributed by atoms with van der Waals surface area (Å²) in [7, 11) is 5.73. The van der Waals surface area contributed by atoms with E-state index in [9.17, 15) is 17.5 Å². The molecule has 9 nitrogen and oxygen atoms in total. The van der Waals surface area contributed by atoms with Crippen LogP contribution in [0.15, 0.2) is 48.7 Å². The van der Waals surface area contributed by atoms with Crippen molar-refractivity contribution in [2.45, 2.75) is 57.2 Å². The van der Waals surface area contributed by atoms with Crippen molar-refractivity contribution < 1.29 is 22.3 Å².